The third-order valence-electron chi connectivity index (χ3n) is 5.42. The second kappa shape index (κ2) is 8.58. The average Bonchev–Trinajstić information content (AvgIpc) is 3.59. The Hall–Kier alpha value is -4.46. The Morgan fingerprint density at radius 1 is 1.27 bits per heavy atom. The summed E-state index contributed by atoms with van der Waals surface area (Å²) >= 11 is 0. The summed E-state index contributed by atoms with van der Waals surface area (Å²) in [7, 11) is 1.57. The molecule has 4 aromatic rings. The number of rotatable bonds is 6. The summed E-state index contributed by atoms with van der Waals surface area (Å²) in [4.78, 5) is 15.4. The standard InChI is InChI=1S/C22H21N9O2/c1-13-9-20(29-28-13)25-19-11-21(32-2)27-22(26-19)31-8-4-6-17(31)18-10-15(30-33-18)14-5-3-7-24-16(14)12-23/h3,5,7,9-11,17H,4,6,8H2,1-2H3,(H2,25,26,27,28,29)/t17-/m0/s1. The van der Waals surface area contributed by atoms with Gasteiger partial charge in [0, 0.05) is 42.2 Å². The minimum atomic E-state index is -0.0963. The van der Waals surface area contributed by atoms with Crippen LogP contribution in [0.1, 0.15) is 36.0 Å². The van der Waals surface area contributed by atoms with Crippen molar-refractivity contribution >= 4 is 17.6 Å². The quantitative estimate of drug-likeness (QED) is 0.454. The molecule has 11 heteroatoms. The third kappa shape index (κ3) is 4.06. The second-order valence-corrected chi connectivity index (χ2v) is 7.63. The Morgan fingerprint density at radius 3 is 2.97 bits per heavy atom. The summed E-state index contributed by atoms with van der Waals surface area (Å²) in [5.41, 5.74) is 2.45. The molecule has 0 unspecified atom stereocenters. The van der Waals surface area contributed by atoms with Crippen LogP contribution in [0.5, 0.6) is 5.88 Å². The molecule has 1 aliphatic rings. The van der Waals surface area contributed by atoms with Gasteiger partial charge in [0.25, 0.3) is 0 Å². The summed E-state index contributed by atoms with van der Waals surface area (Å²) in [6.45, 7) is 2.68. The molecule has 0 aromatic carbocycles. The number of aryl methyl sites for hydroxylation is 1. The maximum Gasteiger partial charge on any atom is 0.231 e. The van der Waals surface area contributed by atoms with Gasteiger partial charge in [0.1, 0.15) is 23.3 Å². The van der Waals surface area contributed by atoms with Crippen LogP contribution in [0.15, 0.2) is 41.1 Å². The second-order valence-electron chi connectivity index (χ2n) is 7.63. The van der Waals surface area contributed by atoms with Crippen molar-refractivity contribution in [1.82, 2.24) is 30.3 Å². The molecular formula is C22H21N9O2. The Bertz CT molecular complexity index is 1320. The van der Waals surface area contributed by atoms with Crippen molar-refractivity contribution < 1.29 is 9.26 Å². The summed E-state index contributed by atoms with van der Waals surface area (Å²) in [5, 5.41) is 23.8. The Morgan fingerprint density at radius 2 is 2.18 bits per heavy atom. The number of nitriles is 1. The molecule has 0 saturated carbocycles. The lowest BCUT2D eigenvalue weighted by Gasteiger charge is -2.23. The number of aromatic amines is 1. The zero-order valence-electron chi connectivity index (χ0n) is 18.1. The van der Waals surface area contributed by atoms with Gasteiger partial charge < -0.3 is 19.5 Å². The molecule has 1 atom stereocenters. The van der Waals surface area contributed by atoms with Crippen molar-refractivity contribution in [3.8, 4) is 23.2 Å². The minimum Gasteiger partial charge on any atom is -0.481 e. The van der Waals surface area contributed by atoms with Crippen LogP contribution >= 0.6 is 0 Å². The number of hydrogen-bond acceptors (Lipinski definition) is 10. The van der Waals surface area contributed by atoms with Crippen molar-refractivity contribution in [3.05, 3.63) is 53.7 Å². The van der Waals surface area contributed by atoms with Gasteiger partial charge in [-0.2, -0.15) is 20.3 Å². The third-order valence-corrected chi connectivity index (χ3v) is 5.42. The fourth-order valence-corrected chi connectivity index (χ4v) is 3.90. The van der Waals surface area contributed by atoms with Crippen molar-refractivity contribution in [2.75, 3.05) is 23.9 Å². The van der Waals surface area contributed by atoms with E-state index in [1.165, 1.54) is 0 Å². The van der Waals surface area contributed by atoms with Crippen LogP contribution < -0.4 is 15.0 Å². The molecule has 33 heavy (non-hydrogen) atoms. The lowest BCUT2D eigenvalue weighted by Crippen LogP contribution is -2.24. The Labute approximate surface area is 189 Å². The molecular weight excluding hydrogens is 422 g/mol. The van der Waals surface area contributed by atoms with Crippen molar-refractivity contribution in [2.45, 2.75) is 25.8 Å². The normalized spacial score (nSPS) is 15.4. The van der Waals surface area contributed by atoms with Gasteiger partial charge in [-0.15, -0.1) is 0 Å². The van der Waals surface area contributed by atoms with Gasteiger partial charge in [-0.25, -0.2) is 4.98 Å². The lowest BCUT2D eigenvalue weighted by atomic mass is 10.1. The van der Waals surface area contributed by atoms with E-state index in [4.69, 9.17) is 14.2 Å². The first-order valence-electron chi connectivity index (χ1n) is 10.5. The molecule has 0 aliphatic carbocycles. The van der Waals surface area contributed by atoms with Gasteiger partial charge in [-0.3, -0.25) is 5.10 Å². The summed E-state index contributed by atoms with van der Waals surface area (Å²) in [6.07, 6.45) is 3.38. The van der Waals surface area contributed by atoms with E-state index < -0.39 is 0 Å². The fourth-order valence-electron chi connectivity index (χ4n) is 3.90. The highest BCUT2D eigenvalue weighted by molar-refractivity contribution is 5.65. The Kier molecular flexibility index (Phi) is 5.32. The van der Waals surface area contributed by atoms with E-state index in [0.29, 0.717) is 46.2 Å². The molecule has 166 valence electrons. The number of anilines is 3. The number of nitrogens with zero attached hydrogens (tertiary/aromatic N) is 7. The predicted octanol–water partition coefficient (Wildman–Crippen LogP) is 3.52. The van der Waals surface area contributed by atoms with Crippen molar-refractivity contribution in [3.63, 3.8) is 0 Å². The smallest absolute Gasteiger partial charge is 0.231 e. The zero-order valence-corrected chi connectivity index (χ0v) is 18.1. The predicted molar refractivity (Wildman–Crippen MR) is 119 cm³/mol. The van der Waals surface area contributed by atoms with E-state index in [1.54, 1.807) is 31.5 Å². The van der Waals surface area contributed by atoms with E-state index in [9.17, 15) is 5.26 Å². The largest absolute Gasteiger partial charge is 0.481 e. The van der Waals surface area contributed by atoms with Crippen LogP contribution in [0.4, 0.5) is 17.6 Å². The average molecular weight is 443 g/mol. The van der Waals surface area contributed by atoms with E-state index in [-0.39, 0.29) is 6.04 Å². The molecule has 0 bridgehead atoms. The van der Waals surface area contributed by atoms with Gasteiger partial charge in [-0.1, -0.05) is 5.16 Å². The number of aromatic nitrogens is 6. The topological polar surface area (TPSA) is 142 Å². The summed E-state index contributed by atoms with van der Waals surface area (Å²) in [5.74, 6) is 2.86. The molecule has 5 heterocycles. The number of nitrogens with one attached hydrogen (secondary N) is 2. The molecule has 11 nitrogen and oxygen atoms in total. The lowest BCUT2D eigenvalue weighted by molar-refractivity contribution is 0.361. The zero-order chi connectivity index (χ0) is 22.8. The molecule has 1 saturated heterocycles. The molecule has 5 rings (SSSR count). The molecule has 1 fully saturated rings. The van der Waals surface area contributed by atoms with E-state index in [2.05, 4.69) is 41.6 Å². The van der Waals surface area contributed by atoms with Gasteiger partial charge in [0.2, 0.25) is 11.8 Å². The molecule has 4 aromatic heterocycles. The Balaban J connectivity index is 1.45. The van der Waals surface area contributed by atoms with E-state index in [1.807, 2.05) is 19.1 Å². The summed E-state index contributed by atoms with van der Waals surface area (Å²) in [6, 6.07) is 11.0. The maximum atomic E-state index is 9.35. The van der Waals surface area contributed by atoms with Crippen LogP contribution in [-0.2, 0) is 0 Å². The number of methoxy groups -OCH3 is 1. The number of hydrogen-bond donors (Lipinski definition) is 2. The molecule has 0 amide bonds. The fraction of sp³-hybridized carbons (Fsp3) is 0.273. The van der Waals surface area contributed by atoms with E-state index in [0.717, 1.165) is 25.1 Å². The van der Waals surface area contributed by atoms with Crippen LogP contribution in [0, 0.1) is 18.3 Å². The van der Waals surface area contributed by atoms with Gasteiger partial charge >= 0.3 is 0 Å². The SMILES string of the molecule is COc1cc(Nc2cc(C)[nH]n2)nc(N2CCC[C@H]2c2cc(-c3cccnc3C#N)no2)n1. The van der Waals surface area contributed by atoms with Gasteiger partial charge in [0.15, 0.2) is 11.6 Å². The number of ether oxygens (including phenoxy) is 1. The van der Waals surface area contributed by atoms with Gasteiger partial charge in [-0.05, 0) is 31.9 Å². The van der Waals surface area contributed by atoms with Crippen LogP contribution in [0.25, 0.3) is 11.3 Å². The molecule has 0 radical (unpaired) electrons. The highest BCUT2D eigenvalue weighted by Gasteiger charge is 2.32. The highest BCUT2D eigenvalue weighted by Crippen LogP contribution is 2.37. The first-order valence-corrected chi connectivity index (χ1v) is 10.5. The van der Waals surface area contributed by atoms with Gasteiger partial charge in [0.05, 0.1) is 13.2 Å². The van der Waals surface area contributed by atoms with Crippen LogP contribution in [-0.4, -0.2) is 44.0 Å². The molecule has 1 aliphatic heterocycles. The summed E-state index contributed by atoms with van der Waals surface area (Å²) < 4.78 is 11.1. The highest BCUT2D eigenvalue weighted by atomic mass is 16.5. The molecule has 2 N–H and O–H groups in total. The van der Waals surface area contributed by atoms with Crippen molar-refractivity contribution in [2.24, 2.45) is 0 Å². The monoisotopic (exact) mass is 443 g/mol. The number of H-pyrrole nitrogens is 1. The minimum absolute atomic E-state index is 0.0963. The maximum absolute atomic E-state index is 9.35. The number of pyridine rings is 1. The van der Waals surface area contributed by atoms with E-state index >= 15 is 0 Å². The first kappa shape index (κ1) is 20.4. The van der Waals surface area contributed by atoms with Crippen LogP contribution in [0.3, 0.4) is 0 Å². The first-order chi connectivity index (χ1) is 16.1. The van der Waals surface area contributed by atoms with Crippen molar-refractivity contribution in [1.29, 1.82) is 5.26 Å². The van der Waals surface area contributed by atoms with Crippen LogP contribution in [0.2, 0.25) is 0 Å². The molecule has 0 spiro atoms.